The Hall–Kier alpha value is -3.30. The fraction of sp³-hybridized carbons (Fsp3) is 0.0455. The molecule has 5 rings (SSSR count). The molecule has 4 aromatic rings. The molecule has 162 valence electrons. The molecule has 0 saturated carbocycles. The SMILES string of the molecule is O=S1(=O)Nc2c(-c3ccc(Cl)cc3)nn(-c3cccc(C(F)(F)F)c3)c2-c2ccccc21. The molecule has 0 saturated heterocycles. The van der Waals surface area contributed by atoms with E-state index in [0.29, 0.717) is 21.8 Å². The van der Waals surface area contributed by atoms with E-state index in [1.54, 1.807) is 42.5 Å². The number of sulfonamides is 1. The van der Waals surface area contributed by atoms with Crippen LogP contribution in [0.15, 0.2) is 77.7 Å². The Morgan fingerprint density at radius 3 is 2.38 bits per heavy atom. The van der Waals surface area contributed by atoms with Gasteiger partial charge in [0.15, 0.2) is 0 Å². The average Bonchev–Trinajstić information content (AvgIpc) is 3.12. The number of aromatic nitrogens is 2. The quantitative estimate of drug-likeness (QED) is 0.387. The first-order valence-corrected chi connectivity index (χ1v) is 11.2. The maximum absolute atomic E-state index is 13.3. The van der Waals surface area contributed by atoms with Crippen LogP contribution in [0.25, 0.3) is 28.2 Å². The highest BCUT2D eigenvalue weighted by Crippen LogP contribution is 2.45. The zero-order chi connectivity index (χ0) is 22.7. The number of alkyl halides is 3. The van der Waals surface area contributed by atoms with E-state index >= 15 is 0 Å². The Bertz CT molecular complexity index is 1460. The molecule has 0 bridgehead atoms. The molecule has 32 heavy (non-hydrogen) atoms. The molecule has 10 heteroatoms. The predicted molar refractivity (Wildman–Crippen MR) is 115 cm³/mol. The monoisotopic (exact) mass is 475 g/mol. The van der Waals surface area contributed by atoms with Crippen molar-refractivity contribution in [1.82, 2.24) is 9.78 Å². The summed E-state index contributed by atoms with van der Waals surface area (Å²) >= 11 is 5.97. The van der Waals surface area contributed by atoms with Gasteiger partial charge >= 0.3 is 6.18 Å². The minimum atomic E-state index is -4.54. The molecule has 0 unspecified atom stereocenters. The van der Waals surface area contributed by atoms with Crippen LogP contribution >= 0.6 is 11.6 Å². The van der Waals surface area contributed by atoms with E-state index in [9.17, 15) is 21.6 Å². The van der Waals surface area contributed by atoms with Crippen LogP contribution in [0.5, 0.6) is 0 Å². The van der Waals surface area contributed by atoms with Crippen molar-refractivity contribution in [3.05, 3.63) is 83.4 Å². The van der Waals surface area contributed by atoms with Crippen molar-refractivity contribution in [1.29, 1.82) is 0 Å². The van der Waals surface area contributed by atoms with Gasteiger partial charge in [-0.2, -0.15) is 18.3 Å². The van der Waals surface area contributed by atoms with Gasteiger partial charge in [0, 0.05) is 16.1 Å². The number of halogens is 4. The van der Waals surface area contributed by atoms with E-state index in [0.717, 1.165) is 12.1 Å². The third-order valence-electron chi connectivity index (χ3n) is 5.09. The molecule has 1 aromatic heterocycles. The summed E-state index contributed by atoms with van der Waals surface area (Å²) in [6.07, 6.45) is -4.54. The molecule has 0 spiro atoms. The smallest absolute Gasteiger partial charge is 0.275 e. The molecule has 5 nitrogen and oxygen atoms in total. The lowest BCUT2D eigenvalue weighted by Gasteiger charge is -2.20. The average molecular weight is 476 g/mol. The van der Waals surface area contributed by atoms with Crippen molar-refractivity contribution in [2.75, 3.05) is 4.72 Å². The number of nitrogens with zero attached hydrogens (tertiary/aromatic N) is 2. The highest BCUT2D eigenvalue weighted by molar-refractivity contribution is 7.93. The summed E-state index contributed by atoms with van der Waals surface area (Å²) in [5, 5.41) is 5.01. The molecular formula is C22H13ClF3N3O2S. The van der Waals surface area contributed by atoms with Crippen LogP contribution in [-0.4, -0.2) is 18.2 Å². The van der Waals surface area contributed by atoms with Crippen molar-refractivity contribution >= 4 is 27.3 Å². The normalized spacial score (nSPS) is 14.4. The number of nitrogens with one attached hydrogen (secondary N) is 1. The number of hydrogen-bond acceptors (Lipinski definition) is 3. The van der Waals surface area contributed by atoms with Gasteiger partial charge in [-0.15, -0.1) is 0 Å². The molecule has 0 amide bonds. The van der Waals surface area contributed by atoms with Crippen LogP contribution in [0.3, 0.4) is 0 Å². The van der Waals surface area contributed by atoms with Crippen LogP contribution < -0.4 is 4.72 Å². The fourth-order valence-corrected chi connectivity index (χ4v) is 5.07. The number of hydrogen-bond donors (Lipinski definition) is 1. The van der Waals surface area contributed by atoms with Crippen LogP contribution in [0.1, 0.15) is 5.56 Å². The standard InChI is InChI=1S/C22H13ClF3N3O2S/c23-15-10-8-13(9-11-15)19-20-21(17-6-1-2-7-18(17)32(30,31)28-20)29(27-19)16-5-3-4-14(12-16)22(24,25)26/h1-12,28H. The Morgan fingerprint density at radius 2 is 1.66 bits per heavy atom. The molecule has 0 fully saturated rings. The summed E-state index contributed by atoms with van der Waals surface area (Å²) in [6, 6.07) is 17.6. The van der Waals surface area contributed by atoms with Crippen LogP contribution in [0, 0.1) is 0 Å². The summed E-state index contributed by atoms with van der Waals surface area (Å²) in [5.41, 5.74) is 1.00. The molecular weight excluding hydrogens is 463 g/mol. The van der Waals surface area contributed by atoms with Crippen LogP contribution in [0.4, 0.5) is 18.9 Å². The number of benzene rings is 3. The fourth-order valence-electron chi connectivity index (χ4n) is 3.66. The molecule has 2 heterocycles. The van der Waals surface area contributed by atoms with E-state index < -0.39 is 21.8 Å². The van der Waals surface area contributed by atoms with Gasteiger partial charge in [0.2, 0.25) is 0 Å². The van der Waals surface area contributed by atoms with Gasteiger partial charge in [-0.1, -0.05) is 48.0 Å². The third kappa shape index (κ3) is 3.34. The molecule has 0 atom stereocenters. The minimum Gasteiger partial charge on any atom is -0.275 e. The van der Waals surface area contributed by atoms with Gasteiger partial charge in [0.25, 0.3) is 10.0 Å². The summed E-state index contributed by atoms with van der Waals surface area (Å²) in [5.74, 6) is 0. The summed E-state index contributed by atoms with van der Waals surface area (Å²) in [4.78, 5) is 0.0169. The van der Waals surface area contributed by atoms with E-state index in [1.165, 1.54) is 22.9 Å². The Labute approximate surface area is 186 Å². The van der Waals surface area contributed by atoms with Crippen molar-refractivity contribution in [3.8, 4) is 28.2 Å². The van der Waals surface area contributed by atoms with Crippen molar-refractivity contribution < 1.29 is 21.6 Å². The first-order valence-electron chi connectivity index (χ1n) is 9.34. The largest absolute Gasteiger partial charge is 0.416 e. The van der Waals surface area contributed by atoms with Gasteiger partial charge in [-0.3, -0.25) is 4.72 Å². The van der Waals surface area contributed by atoms with Crippen LogP contribution in [-0.2, 0) is 16.2 Å². The number of anilines is 1. The number of rotatable bonds is 2. The Morgan fingerprint density at radius 1 is 0.938 bits per heavy atom. The van der Waals surface area contributed by atoms with Gasteiger partial charge < -0.3 is 0 Å². The van der Waals surface area contributed by atoms with Gasteiger partial charge in [-0.05, 0) is 36.4 Å². The Balaban J connectivity index is 1.83. The van der Waals surface area contributed by atoms with E-state index in [-0.39, 0.29) is 22.0 Å². The predicted octanol–water partition coefficient (Wildman–Crippen LogP) is 5.99. The molecule has 1 N–H and O–H groups in total. The van der Waals surface area contributed by atoms with Gasteiger partial charge in [0.05, 0.1) is 16.1 Å². The topological polar surface area (TPSA) is 64.0 Å². The zero-order valence-corrected chi connectivity index (χ0v) is 17.6. The molecule has 1 aliphatic heterocycles. The second-order valence-electron chi connectivity index (χ2n) is 7.14. The van der Waals surface area contributed by atoms with E-state index in [1.807, 2.05) is 0 Å². The van der Waals surface area contributed by atoms with Gasteiger partial charge in [0.1, 0.15) is 17.1 Å². The van der Waals surface area contributed by atoms with E-state index in [4.69, 9.17) is 11.6 Å². The minimum absolute atomic E-state index is 0.0169. The first-order chi connectivity index (χ1) is 15.1. The van der Waals surface area contributed by atoms with Crippen LogP contribution in [0.2, 0.25) is 5.02 Å². The molecule has 3 aromatic carbocycles. The summed E-state index contributed by atoms with van der Waals surface area (Å²) in [7, 11) is -3.90. The van der Waals surface area contributed by atoms with Crippen molar-refractivity contribution in [2.24, 2.45) is 0 Å². The lowest BCUT2D eigenvalue weighted by atomic mass is 10.1. The molecule has 1 aliphatic rings. The maximum atomic E-state index is 13.3. The lowest BCUT2D eigenvalue weighted by molar-refractivity contribution is -0.137. The molecule has 0 radical (unpaired) electrons. The highest BCUT2D eigenvalue weighted by atomic mass is 35.5. The highest BCUT2D eigenvalue weighted by Gasteiger charge is 2.35. The van der Waals surface area contributed by atoms with Crippen molar-refractivity contribution in [3.63, 3.8) is 0 Å². The second-order valence-corrected chi connectivity index (χ2v) is 9.23. The second kappa shape index (κ2) is 7.11. The number of fused-ring (bicyclic) bond motifs is 3. The summed E-state index contributed by atoms with van der Waals surface area (Å²) in [6.45, 7) is 0. The summed E-state index contributed by atoms with van der Waals surface area (Å²) < 4.78 is 69.7. The zero-order valence-electron chi connectivity index (χ0n) is 16.1. The van der Waals surface area contributed by atoms with Gasteiger partial charge in [-0.25, -0.2) is 13.1 Å². The third-order valence-corrected chi connectivity index (χ3v) is 6.75. The lowest BCUT2D eigenvalue weighted by Crippen LogP contribution is -2.19. The molecule has 0 aliphatic carbocycles. The first kappa shape index (κ1) is 20.6. The van der Waals surface area contributed by atoms with Crippen molar-refractivity contribution in [2.45, 2.75) is 11.1 Å². The van der Waals surface area contributed by atoms with E-state index in [2.05, 4.69) is 9.82 Å². The Kier molecular flexibility index (Phi) is 4.58. The maximum Gasteiger partial charge on any atom is 0.416 e.